The zero-order valence-corrected chi connectivity index (χ0v) is 15.1. The molecule has 0 aliphatic carbocycles. The van der Waals surface area contributed by atoms with Gasteiger partial charge in [-0.1, -0.05) is 30.3 Å². The van der Waals surface area contributed by atoms with Crippen molar-refractivity contribution in [2.45, 2.75) is 13.0 Å². The van der Waals surface area contributed by atoms with Gasteiger partial charge in [0.15, 0.2) is 5.75 Å². The summed E-state index contributed by atoms with van der Waals surface area (Å²) >= 11 is 0. The maximum atomic E-state index is 11.2. The number of nitrogens with zero attached hydrogens (tertiary/aromatic N) is 2. The Morgan fingerprint density at radius 3 is 2.85 bits per heavy atom. The van der Waals surface area contributed by atoms with Crippen molar-refractivity contribution < 1.29 is 9.66 Å². The van der Waals surface area contributed by atoms with Gasteiger partial charge in [0.2, 0.25) is 0 Å². The molecule has 0 unspecified atom stereocenters. The first-order valence-electron chi connectivity index (χ1n) is 8.95. The molecule has 27 heavy (non-hydrogen) atoms. The van der Waals surface area contributed by atoms with Gasteiger partial charge < -0.3 is 9.72 Å². The maximum absolute atomic E-state index is 11.2. The topological polar surface area (TPSA) is 71.4 Å². The predicted molar refractivity (Wildman–Crippen MR) is 106 cm³/mol. The lowest BCUT2D eigenvalue weighted by atomic mass is 9.98. The first-order valence-corrected chi connectivity index (χ1v) is 8.95. The van der Waals surface area contributed by atoms with Crippen molar-refractivity contribution in [2.75, 3.05) is 20.2 Å². The summed E-state index contributed by atoms with van der Waals surface area (Å²) in [7, 11) is 1.45. The summed E-state index contributed by atoms with van der Waals surface area (Å²) in [6, 6.07) is 13.5. The van der Waals surface area contributed by atoms with Crippen LogP contribution in [-0.4, -0.2) is 35.0 Å². The Bertz CT molecular complexity index is 1020. The van der Waals surface area contributed by atoms with Crippen LogP contribution in [0.1, 0.15) is 17.5 Å². The molecule has 0 bridgehead atoms. The van der Waals surface area contributed by atoms with Gasteiger partial charge in [-0.25, -0.2) is 0 Å². The van der Waals surface area contributed by atoms with Crippen molar-refractivity contribution in [1.29, 1.82) is 0 Å². The molecule has 6 nitrogen and oxygen atoms in total. The Balaban J connectivity index is 1.49. The molecular formula is C21H21N3O3. The normalized spacial score (nSPS) is 14.9. The Morgan fingerprint density at radius 2 is 2.11 bits per heavy atom. The van der Waals surface area contributed by atoms with E-state index in [0.717, 1.165) is 30.6 Å². The number of hydrogen-bond acceptors (Lipinski definition) is 4. The fraction of sp³-hybridized carbons (Fsp3) is 0.238. The average molecular weight is 363 g/mol. The van der Waals surface area contributed by atoms with Gasteiger partial charge in [-0.2, -0.15) is 0 Å². The number of H-pyrrole nitrogens is 1. The Kier molecular flexibility index (Phi) is 4.64. The van der Waals surface area contributed by atoms with E-state index in [2.05, 4.69) is 40.4 Å². The number of nitro groups is 1. The monoisotopic (exact) mass is 363 g/mol. The van der Waals surface area contributed by atoms with Crippen LogP contribution >= 0.6 is 0 Å². The summed E-state index contributed by atoms with van der Waals surface area (Å²) in [4.78, 5) is 16.4. The molecule has 1 aromatic heterocycles. The Labute approximate surface area is 157 Å². The minimum atomic E-state index is -0.395. The summed E-state index contributed by atoms with van der Waals surface area (Å²) in [5.74, 6) is 0.295. The molecule has 1 N–H and O–H groups in total. The molecule has 1 aliphatic rings. The molecule has 0 saturated carbocycles. The molecule has 3 aromatic rings. The standard InChI is InChI=1S/C21H21N3O3/c1-27-21-7-6-15(12-20(21)24(25)26)14-23-10-8-16(9-11-23)18-13-22-19-5-3-2-4-17(18)19/h2-8,12-13,22H,9-11,14H2,1H3. The first-order chi connectivity index (χ1) is 13.2. The van der Waals surface area contributed by atoms with Gasteiger partial charge in [-0.05, 0) is 29.7 Å². The molecule has 0 amide bonds. The number of fused-ring (bicyclic) bond motifs is 1. The van der Waals surface area contributed by atoms with Gasteiger partial charge in [-0.3, -0.25) is 15.0 Å². The van der Waals surface area contributed by atoms with Gasteiger partial charge in [0.05, 0.1) is 12.0 Å². The van der Waals surface area contributed by atoms with Gasteiger partial charge >= 0.3 is 5.69 Å². The molecule has 4 rings (SSSR count). The third-order valence-corrected chi connectivity index (χ3v) is 5.07. The van der Waals surface area contributed by atoms with E-state index in [9.17, 15) is 10.1 Å². The van der Waals surface area contributed by atoms with E-state index in [-0.39, 0.29) is 5.69 Å². The van der Waals surface area contributed by atoms with Crippen LogP contribution in [0.3, 0.4) is 0 Å². The number of hydrogen-bond donors (Lipinski definition) is 1. The van der Waals surface area contributed by atoms with Crippen molar-refractivity contribution in [1.82, 2.24) is 9.88 Å². The molecule has 6 heteroatoms. The minimum absolute atomic E-state index is 0.0158. The van der Waals surface area contributed by atoms with E-state index in [1.54, 1.807) is 12.1 Å². The van der Waals surface area contributed by atoms with Crippen molar-refractivity contribution in [3.05, 3.63) is 76.0 Å². The number of nitrogens with one attached hydrogen (secondary N) is 1. The fourth-order valence-corrected chi connectivity index (χ4v) is 3.67. The zero-order valence-electron chi connectivity index (χ0n) is 15.1. The minimum Gasteiger partial charge on any atom is -0.490 e. The third-order valence-electron chi connectivity index (χ3n) is 5.07. The smallest absolute Gasteiger partial charge is 0.311 e. The van der Waals surface area contributed by atoms with E-state index >= 15 is 0 Å². The van der Waals surface area contributed by atoms with Crippen molar-refractivity contribution in [3.8, 4) is 5.75 Å². The van der Waals surface area contributed by atoms with Crippen molar-refractivity contribution in [3.63, 3.8) is 0 Å². The maximum Gasteiger partial charge on any atom is 0.311 e. The predicted octanol–water partition coefficient (Wildman–Crippen LogP) is 4.37. The fourth-order valence-electron chi connectivity index (χ4n) is 3.67. The Hall–Kier alpha value is -3.12. The quantitative estimate of drug-likeness (QED) is 0.540. The van der Waals surface area contributed by atoms with E-state index in [4.69, 9.17) is 4.74 Å². The lowest BCUT2D eigenvalue weighted by molar-refractivity contribution is -0.385. The summed E-state index contributed by atoms with van der Waals surface area (Å²) in [6.07, 6.45) is 5.30. The lowest BCUT2D eigenvalue weighted by Crippen LogP contribution is -2.28. The second-order valence-electron chi connectivity index (χ2n) is 6.73. The summed E-state index contributed by atoms with van der Waals surface area (Å²) in [5, 5.41) is 12.5. The van der Waals surface area contributed by atoms with E-state index in [1.807, 2.05) is 12.1 Å². The molecule has 0 radical (unpaired) electrons. The number of benzene rings is 2. The number of ether oxygens (including phenoxy) is 1. The zero-order chi connectivity index (χ0) is 18.8. The van der Waals surface area contributed by atoms with Gasteiger partial charge in [0, 0.05) is 48.4 Å². The number of nitro benzene ring substituents is 1. The highest BCUT2D eigenvalue weighted by atomic mass is 16.6. The molecule has 138 valence electrons. The van der Waals surface area contributed by atoms with Crippen molar-refractivity contribution in [2.24, 2.45) is 0 Å². The SMILES string of the molecule is COc1ccc(CN2CC=C(c3c[nH]c4ccccc34)CC2)cc1[N+](=O)[O-]. The van der Waals surface area contributed by atoms with Crippen LogP contribution in [0.2, 0.25) is 0 Å². The largest absolute Gasteiger partial charge is 0.490 e. The van der Waals surface area contributed by atoms with Crippen LogP contribution in [0.15, 0.2) is 54.7 Å². The molecule has 0 fully saturated rings. The van der Waals surface area contributed by atoms with Crippen LogP contribution in [0.5, 0.6) is 5.75 Å². The number of methoxy groups -OCH3 is 1. The van der Waals surface area contributed by atoms with Crippen molar-refractivity contribution >= 4 is 22.2 Å². The summed E-state index contributed by atoms with van der Waals surface area (Å²) in [6.45, 7) is 2.43. The van der Waals surface area contributed by atoms with E-state index in [0.29, 0.717) is 12.3 Å². The van der Waals surface area contributed by atoms with Crippen LogP contribution in [-0.2, 0) is 6.54 Å². The van der Waals surface area contributed by atoms with E-state index in [1.165, 1.54) is 23.6 Å². The van der Waals surface area contributed by atoms with Gasteiger partial charge in [0.25, 0.3) is 0 Å². The highest BCUT2D eigenvalue weighted by Gasteiger charge is 2.19. The van der Waals surface area contributed by atoms with Crippen LogP contribution in [0, 0.1) is 10.1 Å². The van der Waals surface area contributed by atoms with Crippen LogP contribution < -0.4 is 4.74 Å². The van der Waals surface area contributed by atoms with Crippen LogP contribution in [0.25, 0.3) is 16.5 Å². The third kappa shape index (κ3) is 3.44. The summed E-state index contributed by atoms with van der Waals surface area (Å²) in [5.41, 5.74) is 4.71. The molecule has 0 saturated heterocycles. The number of para-hydroxylation sites is 1. The van der Waals surface area contributed by atoms with Crippen LogP contribution in [0.4, 0.5) is 5.69 Å². The molecule has 0 spiro atoms. The second-order valence-corrected chi connectivity index (χ2v) is 6.73. The average Bonchev–Trinajstić information content (AvgIpc) is 3.12. The highest BCUT2D eigenvalue weighted by Crippen LogP contribution is 2.31. The molecule has 2 heterocycles. The Morgan fingerprint density at radius 1 is 1.26 bits per heavy atom. The number of rotatable bonds is 5. The van der Waals surface area contributed by atoms with E-state index < -0.39 is 4.92 Å². The molecule has 2 aromatic carbocycles. The molecule has 1 aliphatic heterocycles. The molecule has 0 atom stereocenters. The second kappa shape index (κ2) is 7.25. The van der Waals surface area contributed by atoms with Gasteiger partial charge in [-0.15, -0.1) is 0 Å². The lowest BCUT2D eigenvalue weighted by Gasteiger charge is -2.26. The first kappa shape index (κ1) is 17.3. The number of aromatic amines is 1. The molecular weight excluding hydrogens is 342 g/mol. The summed E-state index contributed by atoms with van der Waals surface area (Å²) < 4.78 is 5.07. The van der Waals surface area contributed by atoms with Gasteiger partial charge in [0.1, 0.15) is 0 Å². The highest BCUT2D eigenvalue weighted by molar-refractivity contribution is 5.92. The number of aromatic nitrogens is 1.